The third-order valence-electron chi connectivity index (χ3n) is 6.29. The predicted molar refractivity (Wildman–Crippen MR) is 165 cm³/mol. The number of hydrogen-bond donors (Lipinski definition) is 1. The largest absolute Gasteiger partial charge is 1.00 e. The summed E-state index contributed by atoms with van der Waals surface area (Å²) in [6.45, 7) is 3.28. The van der Waals surface area contributed by atoms with Gasteiger partial charge < -0.3 is 30.3 Å². The average molecular weight is 733 g/mol. The Morgan fingerprint density at radius 2 is 1.34 bits per heavy atom. The summed E-state index contributed by atoms with van der Waals surface area (Å²) < 4.78 is 7.08. The number of aryl methyl sites for hydroxylation is 4. The van der Waals surface area contributed by atoms with E-state index >= 15 is 0 Å². The van der Waals surface area contributed by atoms with Crippen molar-refractivity contribution in [2.45, 2.75) is 58.9 Å². The van der Waals surface area contributed by atoms with Crippen LogP contribution in [0.5, 0.6) is 0 Å². The molecule has 20 heteroatoms. The SMILES string of the molecule is CC(=O)CCCCCl.CC(=O)CCCCn1c(=O)c2c(ncn2C)n(C)c1=O.Cn1cnc2c1c(=O)[nH]c(=O)n2C.O=CO[O-].[H-].[K+].[K+]. The monoisotopic (exact) mass is 732 g/mol. The maximum Gasteiger partial charge on any atom is 1.00 e. The molecule has 4 heterocycles. The molecule has 4 rings (SSSR count). The van der Waals surface area contributed by atoms with Crippen LogP contribution >= 0.6 is 11.6 Å². The van der Waals surface area contributed by atoms with Crippen LogP contribution in [0.2, 0.25) is 0 Å². The van der Waals surface area contributed by atoms with Crippen molar-refractivity contribution in [3.63, 3.8) is 0 Å². The number of halogens is 1. The Morgan fingerprint density at radius 3 is 1.81 bits per heavy atom. The van der Waals surface area contributed by atoms with Crippen LogP contribution < -0.4 is 131 Å². The zero-order valence-corrected chi connectivity index (χ0v) is 35.1. The number of aromatic amines is 1. The number of H-pyrrole nitrogens is 1. The standard InChI is InChI=1S/C13H18N4O3.C7H8N4O2.C6H11ClO.CH2O3.2K.H/c1-9(18)6-4-5-7-17-12(19)10-11(14-8-15(10)2)16(3)13(17)20;1-10-3-8-5-4(10)6(12)9-7(13)11(5)2;1-6(8)4-2-3-5-7;2-1-4-3;;;/h8H,4-7H2,1-3H3;3H,1-2H3,(H,9,12,13);2-5H2,1H3;1,3H;;;/q;;;;2*+1;-1/p-1. The summed E-state index contributed by atoms with van der Waals surface area (Å²) in [6, 6.07) is 0. The fourth-order valence-electron chi connectivity index (χ4n) is 3.97. The Kier molecular flexibility index (Phi) is 25.1. The molecule has 0 aliphatic carbocycles. The molecule has 0 bridgehead atoms. The summed E-state index contributed by atoms with van der Waals surface area (Å²) in [4.78, 5) is 89.5. The van der Waals surface area contributed by atoms with Crippen LogP contribution in [-0.4, -0.2) is 61.7 Å². The molecular weight excluding hydrogens is 694 g/mol. The molecular formula is C27H39ClK2N8O9. The third kappa shape index (κ3) is 15.0. The topological polar surface area (TPSA) is 218 Å². The molecule has 4 aromatic heterocycles. The molecule has 0 amide bonds. The van der Waals surface area contributed by atoms with Crippen LogP contribution in [0.4, 0.5) is 0 Å². The number of nitrogens with one attached hydrogen (secondary N) is 1. The molecule has 0 aliphatic rings. The fraction of sp³-hybridized carbons (Fsp3) is 0.519. The van der Waals surface area contributed by atoms with E-state index in [0.29, 0.717) is 60.4 Å². The van der Waals surface area contributed by atoms with E-state index in [0.717, 1.165) is 12.8 Å². The van der Waals surface area contributed by atoms with Gasteiger partial charge in [-0.25, -0.2) is 19.6 Å². The number of hydrogen-bond acceptors (Lipinski definition) is 11. The number of rotatable bonds is 10. The van der Waals surface area contributed by atoms with Crippen molar-refractivity contribution < 1.29 is 129 Å². The molecule has 0 radical (unpaired) electrons. The van der Waals surface area contributed by atoms with Gasteiger partial charge in [0.2, 0.25) is 0 Å². The summed E-state index contributed by atoms with van der Waals surface area (Å²) in [5, 5.41) is 8.43. The minimum atomic E-state index is -0.448. The molecule has 17 nitrogen and oxygen atoms in total. The molecule has 47 heavy (non-hydrogen) atoms. The van der Waals surface area contributed by atoms with Crippen molar-refractivity contribution in [1.82, 2.24) is 37.8 Å². The number of Topliss-reactive ketones (excluding diaryl/α,β-unsaturated/α-hetero) is 2. The maximum absolute atomic E-state index is 12.3. The first-order valence-corrected chi connectivity index (χ1v) is 14.2. The normalized spacial score (nSPS) is 9.79. The molecule has 0 unspecified atom stereocenters. The molecule has 0 atom stereocenters. The number of alkyl halides is 1. The van der Waals surface area contributed by atoms with Crippen molar-refractivity contribution >= 4 is 52.0 Å². The van der Waals surface area contributed by atoms with Gasteiger partial charge in [-0.15, -0.1) is 11.6 Å². The predicted octanol–water partition coefficient (Wildman–Crippen LogP) is -6.31. The van der Waals surface area contributed by atoms with E-state index in [1.54, 1.807) is 44.2 Å². The summed E-state index contributed by atoms with van der Waals surface area (Å²) in [6.07, 6.45) is 7.38. The number of ketones is 2. The van der Waals surface area contributed by atoms with Crippen molar-refractivity contribution in [3.05, 3.63) is 54.3 Å². The number of unbranched alkanes of at least 4 members (excludes halogenated alkanes) is 2. The van der Waals surface area contributed by atoms with Gasteiger partial charge in [0, 0.05) is 53.5 Å². The first-order chi connectivity index (χ1) is 21.2. The van der Waals surface area contributed by atoms with E-state index in [1.807, 2.05) is 0 Å². The van der Waals surface area contributed by atoms with Crippen LogP contribution in [0.3, 0.4) is 0 Å². The number of imidazole rings is 2. The quantitative estimate of drug-likeness (QED) is 0.0404. The van der Waals surface area contributed by atoms with Gasteiger partial charge in [0.1, 0.15) is 11.6 Å². The number of carbonyl (C=O) groups excluding carboxylic acids is 3. The van der Waals surface area contributed by atoms with Crippen molar-refractivity contribution in [2.75, 3.05) is 5.88 Å². The number of nitrogens with zero attached hydrogens (tertiary/aromatic N) is 7. The smallest absolute Gasteiger partial charge is 1.00 e. The van der Waals surface area contributed by atoms with Gasteiger partial charge in [-0.1, -0.05) is 0 Å². The first-order valence-electron chi connectivity index (χ1n) is 13.7. The third-order valence-corrected chi connectivity index (χ3v) is 6.56. The first kappa shape index (κ1) is 47.7. The maximum atomic E-state index is 12.3. The van der Waals surface area contributed by atoms with Gasteiger partial charge >= 0.3 is 114 Å². The summed E-state index contributed by atoms with van der Waals surface area (Å²) in [5.41, 5.74) is 0.0590. The van der Waals surface area contributed by atoms with Crippen LogP contribution in [0.1, 0.15) is 53.8 Å². The van der Waals surface area contributed by atoms with Gasteiger partial charge in [-0.3, -0.25) is 33.1 Å². The molecule has 250 valence electrons. The van der Waals surface area contributed by atoms with Crippen LogP contribution in [0.25, 0.3) is 22.3 Å². The number of aromatic nitrogens is 8. The molecule has 0 saturated heterocycles. The van der Waals surface area contributed by atoms with E-state index in [-0.39, 0.29) is 133 Å². The van der Waals surface area contributed by atoms with Gasteiger partial charge in [0.25, 0.3) is 17.6 Å². The molecule has 0 aromatic carbocycles. The van der Waals surface area contributed by atoms with E-state index in [4.69, 9.17) is 21.7 Å². The second-order valence-electron chi connectivity index (χ2n) is 9.87. The minimum Gasteiger partial charge on any atom is -1.00 e. The van der Waals surface area contributed by atoms with Gasteiger partial charge in [0.05, 0.1) is 12.7 Å². The van der Waals surface area contributed by atoms with Gasteiger partial charge in [-0.2, -0.15) is 0 Å². The van der Waals surface area contributed by atoms with E-state index < -0.39 is 11.2 Å². The molecule has 0 fully saturated rings. The van der Waals surface area contributed by atoms with Gasteiger partial charge in [0.15, 0.2) is 22.3 Å². The van der Waals surface area contributed by atoms with E-state index in [9.17, 15) is 28.8 Å². The van der Waals surface area contributed by atoms with Crippen molar-refractivity contribution in [1.29, 1.82) is 0 Å². The van der Waals surface area contributed by atoms with Crippen LogP contribution in [0.15, 0.2) is 31.8 Å². The van der Waals surface area contributed by atoms with Gasteiger partial charge in [-0.05, 0) is 39.5 Å². The zero-order chi connectivity index (χ0) is 34.3. The number of fused-ring (bicyclic) bond motifs is 2. The Balaban J connectivity index is -0.000000627. The van der Waals surface area contributed by atoms with Crippen molar-refractivity contribution in [3.8, 4) is 0 Å². The number of carbonyl (C=O) groups is 3. The average Bonchev–Trinajstić information content (AvgIpc) is 3.58. The zero-order valence-electron chi connectivity index (χ0n) is 29.1. The second-order valence-corrected chi connectivity index (χ2v) is 10.2. The summed E-state index contributed by atoms with van der Waals surface area (Å²) in [7, 11) is 6.59. The molecule has 0 spiro atoms. The van der Waals surface area contributed by atoms with Crippen LogP contribution in [-0.2, 0) is 54.0 Å². The molecule has 4 aromatic rings. The molecule has 0 aliphatic heterocycles. The Hall–Kier alpha value is -1.37. The minimum absolute atomic E-state index is 0. The molecule has 1 N–H and O–H groups in total. The molecule has 0 saturated carbocycles. The van der Waals surface area contributed by atoms with Crippen molar-refractivity contribution in [2.24, 2.45) is 28.2 Å². The second kappa shape index (κ2) is 24.7. The fourth-order valence-corrected chi connectivity index (χ4v) is 4.16. The van der Waals surface area contributed by atoms with Crippen LogP contribution in [0, 0.1) is 0 Å². The Labute approximate surface area is 360 Å². The van der Waals surface area contributed by atoms with E-state index in [1.165, 1.54) is 33.3 Å². The Bertz CT molecular complexity index is 1850. The summed E-state index contributed by atoms with van der Waals surface area (Å²) in [5.74, 6) is 1.05. The summed E-state index contributed by atoms with van der Waals surface area (Å²) >= 11 is 5.37. The van der Waals surface area contributed by atoms with E-state index in [2.05, 4.69) is 19.8 Å². The Morgan fingerprint density at radius 1 is 0.872 bits per heavy atom.